The maximum atomic E-state index is 4.97. The van der Waals surface area contributed by atoms with E-state index >= 15 is 0 Å². The Morgan fingerprint density at radius 1 is 0.929 bits per heavy atom. The van der Waals surface area contributed by atoms with E-state index in [2.05, 4.69) is 52.9 Å². The maximum Gasteiger partial charge on any atom is 0.0974 e. The monoisotopic (exact) mass is 296 g/mol. The molecule has 14 heavy (non-hydrogen) atoms. The largest absolute Gasteiger partial charge is 0.472 e. The molecule has 0 saturated carbocycles. The summed E-state index contributed by atoms with van der Waals surface area (Å²) in [5, 5.41) is 0. The molecule has 1 aromatic heterocycles. The highest BCUT2D eigenvalue weighted by atomic mass is 127. The Bertz CT molecular complexity index is 412. The van der Waals surface area contributed by atoms with E-state index in [1.54, 1.807) is 12.5 Å². The minimum atomic E-state index is 1.09. The molecule has 0 atom stereocenters. The predicted octanol–water partition coefficient (Wildman–Crippen LogP) is 4.05. The summed E-state index contributed by atoms with van der Waals surface area (Å²) >= 11 is 2.30. The summed E-state index contributed by atoms with van der Waals surface area (Å²) < 4.78 is 6.22. The average Bonchev–Trinajstić information content (AvgIpc) is 2.70. The predicted molar refractivity (Wildman–Crippen MR) is 66.8 cm³/mol. The molecular weight excluding hydrogens is 287 g/mol. The Hall–Kier alpha value is -1.03. The lowest BCUT2D eigenvalue weighted by Crippen LogP contribution is -1.72. The summed E-state index contributed by atoms with van der Waals surface area (Å²) in [5.74, 6) is 0. The van der Waals surface area contributed by atoms with E-state index in [4.69, 9.17) is 4.42 Å². The van der Waals surface area contributed by atoms with Crippen molar-refractivity contribution in [3.8, 4) is 0 Å². The van der Waals surface area contributed by atoms with Crippen molar-refractivity contribution >= 4 is 34.7 Å². The first-order chi connectivity index (χ1) is 6.84. The van der Waals surface area contributed by atoms with Crippen LogP contribution in [-0.2, 0) is 0 Å². The molecule has 2 heteroatoms. The second-order valence-corrected chi connectivity index (χ2v) is 4.19. The van der Waals surface area contributed by atoms with Crippen LogP contribution in [0.3, 0.4) is 0 Å². The number of hydrogen-bond acceptors (Lipinski definition) is 1. The first-order valence-electron chi connectivity index (χ1n) is 4.30. The van der Waals surface area contributed by atoms with E-state index in [0.29, 0.717) is 0 Å². The lowest BCUT2D eigenvalue weighted by Gasteiger charge is -1.92. The van der Waals surface area contributed by atoms with Gasteiger partial charge in [-0.15, -0.1) is 0 Å². The summed E-state index contributed by atoms with van der Waals surface area (Å²) in [5.41, 5.74) is 2.29. The van der Waals surface area contributed by atoms with Crippen LogP contribution in [0.5, 0.6) is 0 Å². The topological polar surface area (TPSA) is 13.1 Å². The summed E-state index contributed by atoms with van der Waals surface area (Å²) in [6, 6.07) is 10.3. The molecule has 0 spiro atoms. The van der Waals surface area contributed by atoms with Gasteiger partial charge in [-0.05, 0) is 46.4 Å². The Morgan fingerprint density at radius 2 is 1.64 bits per heavy atom. The van der Waals surface area contributed by atoms with Crippen LogP contribution in [0, 0.1) is 3.57 Å². The number of benzene rings is 1. The van der Waals surface area contributed by atoms with Crippen LogP contribution in [0.1, 0.15) is 11.1 Å². The standard InChI is InChI=1S/C12H9IO/c13-12-5-3-10(4-6-12)1-2-11-7-8-14-9-11/h1-9H/b2-1+. The van der Waals surface area contributed by atoms with Gasteiger partial charge in [0.15, 0.2) is 0 Å². The van der Waals surface area contributed by atoms with Crippen molar-refractivity contribution in [3.63, 3.8) is 0 Å². The number of furan rings is 1. The maximum absolute atomic E-state index is 4.97. The van der Waals surface area contributed by atoms with E-state index in [-0.39, 0.29) is 0 Å². The van der Waals surface area contributed by atoms with Gasteiger partial charge in [-0.25, -0.2) is 0 Å². The van der Waals surface area contributed by atoms with Crippen LogP contribution in [-0.4, -0.2) is 0 Å². The van der Waals surface area contributed by atoms with Crippen LogP contribution < -0.4 is 0 Å². The van der Waals surface area contributed by atoms with Gasteiger partial charge in [0, 0.05) is 9.13 Å². The Kier molecular flexibility index (Phi) is 3.03. The zero-order valence-corrected chi connectivity index (χ0v) is 9.64. The highest BCUT2D eigenvalue weighted by Gasteiger charge is 1.89. The molecule has 0 saturated heterocycles. The highest BCUT2D eigenvalue weighted by molar-refractivity contribution is 14.1. The number of rotatable bonds is 2. The zero-order valence-electron chi connectivity index (χ0n) is 7.48. The van der Waals surface area contributed by atoms with Gasteiger partial charge in [0.25, 0.3) is 0 Å². The van der Waals surface area contributed by atoms with Crippen molar-refractivity contribution in [2.75, 3.05) is 0 Å². The molecule has 0 radical (unpaired) electrons. The molecule has 1 nitrogen and oxygen atoms in total. The SMILES string of the molecule is Ic1ccc(/C=C/c2ccoc2)cc1. The van der Waals surface area contributed by atoms with E-state index in [1.807, 2.05) is 12.1 Å². The smallest absolute Gasteiger partial charge is 0.0974 e. The molecule has 70 valence electrons. The molecule has 0 amide bonds. The molecule has 2 aromatic rings. The first kappa shape index (κ1) is 9.52. The Morgan fingerprint density at radius 3 is 2.29 bits per heavy atom. The third-order valence-corrected chi connectivity index (χ3v) is 2.60. The minimum Gasteiger partial charge on any atom is -0.472 e. The van der Waals surface area contributed by atoms with Gasteiger partial charge in [0.1, 0.15) is 0 Å². The number of hydrogen-bond donors (Lipinski definition) is 0. The average molecular weight is 296 g/mol. The molecule has 1 aromatic carbocycles. The normalized spacial score (nSPS) is 10.9. The van der Waals surface area contributed by atoms with Gasteiger partial charge >= 0.3 is 0 Å². The lowest BCUT2D eigenvalue weighted by molar-refractivity contribution is 0.567. The zero-order chi connectivity index (χ0) is 9.80. The van der Waals surface area contributed by atoms with Gasteiger partial charge in [0.05, 0.1) is 12.5 Å². The highest BCUT2D eigenvalue weighted by Crippen LogP contribution is 2.10. The molecule has 0 aliphatic rings. The molecule has 0 fully saturated rings. The van der Waals surface area contributed by atoms with Gasteiger partial charge in [-0.1, -0.05) is 24.3 Å². The Balaban J connectivity index is 2.15. The number of halogens is 1. The summed E-state index contributed by atoms with van der Waals surface area (Å²) in [6.45, 7) is 0. The molecule has 0 bridgehead atoms. The lowest BCUT2D eigenvalue weighted by atomic mass is 10.2. The summed E-state index contributed by atoms with van der Waals surface area (Å²) in [4.78, 5) is 0. The van der Waals surface area contributed by atoms with Crippen molar-refractivity contribution in [3.05, 3.63) is 57.6 Å². The molecule has 0 N–H and O–H groups in total. The van der Waals surface area contributed by atoms with Crippen molar-refractivity contribution in [1.82, 2.24) is 0 Å². The third kappa shape index (κ3) is 2.48. The van der Waals surface area contributed by atoms with Crippen molar-refractivity contribution in [2.24, 2.45) is 0 Å². The van der Waals surface area contributed by atoms with Gasteiger partial charge in [0.2, 0.25) is 0 Å². The molecule has 0 unspecified atom stereocenters. The third-order valence-electron chi connectivity index (χ3n) is 1.88. The van der Waals surface area contributed by atoms with E-state index in [0.717, 1.165) is 5.56 Å². The van der Waals surface area contributed by atoms with E-state index < -0.39 is 0 Å². The van der Waals surface area contributed by atoms with Crippen LogP contribution in [0.4, 0.5) is 0 Å². The van der Waals surface area contributed by atoms with Gasteiger partial charge < -0.3 is 4.42 Å². The van der Waals surface area contributed by atoms with Crippen molar-refractivity contribution in [1.29, 1.82) is 0 Å². The molecule has 0 aliphatic heterocycles. The van der Waals surface area contributed by atoms with Crippen LogP contribution >= 0.6 is 22.6 Å². The van der Waals surface area contributed by atoms with E-state index in [9.17, 15) is 0 Å². The summed E-state index contributed by atoms with van der Waals surface area (Å²) in [7, 11) is 0. The van der Waals surface area contributed by atoms with Gasteiger partial charge in [-0.2, -0.15) is 0 Å². The summed E-state index contributed by atoms with van der Waals surface area (Å²) in [6.07, 6.45) is 7.50. The second-order valence-electron chi connectivity index (χ2n) is 2.94. The fourth-order valence-corrected chi connectivity index (χ4v) is 1.50. The van der Waals surface area contributed by atoms with Crippen molar-refractivity contribution in [2.45, 2.75) is 0 Å². The van der Waals surface area contributed by atoms with E-state index in [1.165, 1.54) is 9.13 Å². The van der Waals surface area contributed by atoms with Crippen LogP contribution in [0.15, 0.2) is 47.3 Å². The fourth-order valence-electron chi connectivity index (χ4n) is 1.14. The van der Waals surface area contributed by atoms with Crippen LogP contribution in [0.25, 0.3) is 12.2 Å². The molecule has 1 heterocycles. The molecule has 2 rings (SSSR count). The van der Waals surface area contributed by atoms with Gasteiger partial charge in [-0.3, -0.25) is 0 Å². The quantitative estimate of drug-likeness (QED) is 0.762. The Labute approximate surface area is 96.6 Å². The second kappa shape index (κ2) is 4.46. The molecule has 0 aliphatic carbocycles. The minimum absolute atomic E-state index is 1.09. The first-order valence-corrected chi connectivity index (χ1v) is 5.38. The van der Waals surface area contributed by atoms with Crippen LogP contribution in [0.2, 0.25) is 0 Å². The van der Waals surface area contributed by atoms with Crippen molar-refractivity contribution < 1.29 is 4.42 Å². The fraction of sp³-hybridized carbons (Fsp3) is 0. The molecular formula is C12H9IO.